The Morgan fingerprint density at radius 1 is 1.12 bits per heavy atom. The quantitative estimate of drug-likeness (QED) is 0.815. The monoisotopic (exact) mass is 345 g/mol. The van der Waals surface area contributed by atoms with Crippen LogP contribution >= 0.6 is 0 Å². The fraction of sp³-hybridized carbons (Fsp3) is 0.650. The van der Waals surface area contributed by atoms with Crippen molar-refractivity contribution in [2.45, 2.75) is 44.2 Å². The van der Waals surface area contributed by atoms with Crippen LogP contribution in [0.3, 0.4) is 0 Å². The van der Waals surface area contributed by atoms with Crippen LogP contribution in [0.25, 0.3) is 0 Å². The van der Waals surface area contributed by atoms with E-state index in [1.165, 1.54) is 31.2 Å². The third-order valence-electron chi connectivity index (χ3n) is 5.40. The Hall–Kier alpha value is -1.43. The minimum Gasteiger partial charge on any atom is -0.390 e. The van der Waals surface area contributed by atoms with E-state index in [1.54, 1.807) is 0 Å². The van der Waals surface area contributed by atoms with Crippen LogP contribution < -0.4 is 5.32 Å². The van der Waals surface area contributed by atoms with Gasteiger partial charge in [-0.3, -0.25) is 14.6 Å². The number of benzene rings is 1. The molecule has 2 N–H and O–H groups in total. The van der Waals surface area contributed by atoms with Crippen molar-refractivity contribution in [1.82, 2.24) is 15.1 Å². The molecule has 0 aromatic heterocycles. The zero-order valence-corrected chi connectivity index (χ0v) is 15.1. The summed E-state index contributed by atoms with van der Waals surface area (Å²) in [6.45, 7) is 4.20. The average Bonchev–Trinajstić information content (AvgIpc) is 3.07. The molecule has 3 rings (SSSR count). The van der Waals surface area contributed by atoms with E-state index in [9.17, 15) is 9.90 Å². The predicted molar refractivity (Wildman–Crippen MR) is 99.4 cm³/mol. The van der Waals surface area contributed by atoms with Crippen molar-refractivity contribution in [3.8, 4) is 0 Å². The van der Waals surface area contributed by atoms with E-state index in [0.717, 1.165) is 26.1 Å². The Bertz CT molecular complexity index is 531. The number of carbonyl (C=O) groups is 1. The van der Waals surface area contributed by atoms with Gasteiger partial charge in [0, 0.05) is 38.8 Å². The van der Waals surface area contributed by atoms with E-state index in [1.807, 2.05) is 18.2 Å². The smallest absolute Gasteiger partial charge is 0.234 e. The van der Waals surface area contributed by atoms with Gasteiger partial charge >= 0.3 is 0 Å². The van der Waals surface area contributed by atoms with Gasteiger partial charge in [0.2, 0.25) is 5.91 Å². The summed E-state index contributed by atoms with van der Waals surface area (Å²) < 4.78 is 0. The summed E-state index contributed by atoms with van der Waals surface area (Å²) >= 11 is 0. The molecule has 5 heteroatoms. The Morgan fingerprint density at radius 2 is 1.88 bits per heavy atom. The van der Waals surface area contributed by atoms with Crippen LogP contribution in [0.15, 0.2) is 30.3 Å². The minimum absolute atomic E-state index is 0.0532. The van der Waals surface area contributed by atoms with Crippen LogP contribution in [0.1, 0.15) is 31.2 Å². The second kappa shape index (κ2) is 9.32. The van der Waals surface area contributed by atoms with Crippen LogP contribution in [0, 0.1) is 0 Å². The van der Waals surface area contributed by atoms with Gasteiger partial charge in [-0.15, -0.1) is 0 Å². The van der Waals surface area contributed by atoms with Crippen LogP contribution in [-0.2, 0) is 11.2 Å². The van der Waals surface area contributed by atoms with E-state index in [-0.39, 0.29) is 12.0 Å². The number of hydrogen-bond acceptors (Lipinski definition) is 4. The molecule has 1 amide bonds. The second-order valence-electron chi connectivity index (χ2n) is 7.41. The number of carbonyl (C=O) groups excluding carboxylic acids is 1. The topological polar surface area (TPSA) is 55.8 Å². The third-order valence-corrected chi connectivity index (χ3v) is 5.40. The first-order chi connectivity index (χ1) is 12.2. The van der Waals surface area contributed by atoms with E-state index in [4.69, 9.17) is 0 Å². The molecule has 2 fully saturated rings. The summed E-state index contributed by atoms with van der Waals surface area (Å²) in [5, 5.41) is 13.3. The fourth-order valence-corrected chi connectivity index (χ4v) is 4.07. The van der Waals surface area contributed by atoms with Gasteiger partial charge < -0.3 is 10.4 Å². The van der Waals surface area contributed by atoms with Gasteiger partial charge in [-0.25, -0.2) is 0 Å². The number of hydrogen-bond donors (Lipinski definition) is 2. The number of amides is 1. The molecule has 1 aliphatic carbocycles. The number of rotatable bonds is 6. The highest BCUT2D eigenvalue weighted by Crippen LogP contribution is 2.24. The summed E-state index contributed by atoms with van der Waals surface area (Å²) in [6.07, 6.45) is 5.62. The number of aliphatic hydroxyl groups is 1. The summed E-state index contributed by atoms with van der Waals surface area (Å²) in [5.74, 6) is 0.0532. The standard InChI is InChI=1S/C20H31N3O2/c24-19-14-22(12-13-23(15-19)18-8-4-5-9-18)16-20(25)21-11-10-17-6-2-1-3-7-17/h1-3,6-7,18-19,24H,4-5,8-16H2,(H,21,25)/t19-/m1/s1. The van der Waals surface area contributed by atoms with E-state index in [0.29, 0.717) is 25.7 Å². The molecule has 0 bridgehead atoms. The largest absolute Gasteiger partial charge is 0.390 e. The normalized spacial score (nSPS) is 23.5. The molecule has 1 saturated heterocycles. The maximum atomic E-state index is 12.2. The minimum atomic E-state index is -0.361. The second-order valence-corrected chi connectivity index (χ2v) is 7.41. The van der Waals surface area contributed by atoms with Gasteiger partial charge in [0.15, 0.2) is 0 Å². The number of aliphatic hydroxyl groups excluding tert-OH is 1. The van der Waals surface area contributed by atoms with Crippen molar-refractivity contribution in [3.05, 3.63) is 35.9 Å². The molecule has 1 aromatic rings. The molecule has 0 radical (unpaired) electrons. The predicted octanol–water partition coefficient (Wildman–Crippen LogP) is 1.27. The van der Waals surface area contributed by atoms with Gasteiger partial charge in [-0.2, -0.15) is 0 Å². The van der Waals surface area contributed by atoms with Crippen molar-refractivity contribution >= 4 is 5.91 Å². The Balaban J connectivity index is 1.40. The third kappa shape index (κ3) is 5.80. The maximum Gasteiger partial charge on any atom is 0.234 e. The van der Waals surface area contributed by atoms with Crippen LogP contribution in [0.2, 0.25) is 0 Å². The molecule has 1 aromatic carbocycles. The number of β-amino-alcohol motifs (C(OH)–C–C–N with tert-alkyl or cyclic N) is 1. The maximum absolute atomic E-state index is 12.2. The Morgan fingerprint density at radius 3 is 2.64 bits per heavy atom. The fourth-order valence-electron chi connectivity index (χ4n) is 4.07. The summed E-state index contributed by atoms with van der Waals surface area (Å²) in [6, 6.07) is 10.8. The van der Waals surface area contributed by atoms with Crippen LogP contribution in [-0.4, -0.2) is 72.2 Å². The number of nitrogens with zero attached hydrogens (tertiary/aromatic N) is 2. The van der Waals surface area contributed by atoms with Gasteiger partial charge in [0.05, 0.1) is 12.6 Å². The lowest BCUT2D eigenvalue weighted by atomic mass is 10.1. The van der Waals surface area contributed by atoms with E-state index in [2.05, 4.69) is 27.2 Å². The molecule has 1 aliphatic heterocycles. The van der Waals surface area contributed by atoms with Crippen molar-refractivity contribution in [2.75, 3.05) is 39.3 Å². The molecule has 2 aliphatic rings. The SMILES string of the molecule is O=C(CN1CCN(C2CCCC2)C[C@H](O)C1)NCCc1ccccc1. The highest BCUT2D eigenvalue weighted by molar-refractivity contribution is 5.78. The molecule has 5 nitrogen and oxygen atoms in total. The molecule has 25 heavy (non-hydrogen) atoms. The van der Waals surface area contributed by atoms with Crippen LogP contribution in [0.5, 0.6) is 0 Å². The zero-order chi connectivity index (χ0) is 17.5. The Labute approximate surface area is 151 Å². The van der Waals surface area contributed by atoms with Crippen LogP contribution in [0.4, 0.5) is 0 Å². The van der Waals surface area contributed by atoms with Crippen molar-refractivity contribution < 1.29 is 9.90 Å². The highest BCUT2D eigenvalue weighted by atomic mass is 16.3. The summed E-state index contributed by atoms with van der Waals surface area (Å²) in [5.41, 5.74) is 1.24. The lowest BCUT2D eigenvalue weighted by Crippen LogP contribution is -2.41. The molecule has 1 heterocycles. The summed E-state index contributed by atoms with van der Waals surface area (Å²) in [7, 11) is 0. The molecule has 0 spiro atoms. The zero-order valence-electron chi connectivity index (χ0n) is 15.1. The lowest BCUT2D eigenvalue weighted by molar-refractivity contribution is -0.122. The van der Waals surface area contributed by atoms with Gasteiger partial charge in [-0.1, -0.05) is 43.2 Å². The molecular formula is C20H31N3O2. The molecule has 0 unspecified atom stereocenters. The number of nitrogens with one attached hydrogen (secondary N) is 1. The van der Waals surface area contributed by atoms with Gasteiger partial charge in [0.25, 0.3) is 0 Å². The first-order valence-corrected chi connectivity index (χ1v) is 9.66. The van der Waals surface area contributed by atoms with E-state index < -0.39 is 0 Å². The van der Waals surface area contributed by atoms with Gasteiger partial charge in [-0.05, 0) is 24.8 Å². The lowest BCUT2D eigenvalue weighted by Gasteiger charge is -2.28. The highest BCUT2D eigenvalue weighted by Gasteiger charge is 2.28. The van der Waals surface area contributed by atoms with E-state index >= 15 is 0 Å². The van der Waals surface area contributed by atoms with Gasteiger partial charge in [0.1, 0.15) is 0 Å². The van der Waals surface area contributed by atoms with Crippen molar-refractivity contribution in [3.63, 3.8) is 0 Å². The molecule has 138 valence electrons. The Kier molecular flexibility index (Phi) is 6.84. The van der Waals surface area contributed by atoms with Crippen molar-refractivity contribution in [2.24, 2.45) is 0 Å². The average molecular weight is 345 g/mol. The summed E-state index contributed by atoms with van der Waals surface area (Å²) in [4.78, 5) is 16.7. The first kappa shape index (κ1) is 18.4. The van der Waals surface area contributed by atoms with Crippen molar-refractivity contribution in [1.29, 1.82) is 0 Å². The molecule has 1 atom stereocenters. The molecular weight excluding hydrogens is 314 g/mol. The first-order valence-electron chi connectivity index (χ1n) is 9.66. The molecule has 1 saturated carbocycles.